The van der Waals surface area contributed by atoms with E-state index in [0.717, 1.165) is 23.5 Å². The second-order valence-electron chi connectivity index (χ2n) is 3.02. The maximum Gasteiger partial charge on any atom is 0.107 e. The number of aromatic amines is 1. The van der Waals surface area contributed by atoms with Gasteiger partial charge in [-0.05, 0) is 18.7 Å². The molecule has 0 atom stereocenters. The Kier molecular flexibility index (Phi) is 2.55. The number of nitrogens with zero attached hydrogens (tertiary/aromatic N) is 2. The molecule has 0 amide bonds. The van der Waals surface area contributed by atoms with Crippen LogP contribution < -0.4 is 5.73 Å². The third kappa shape index (κ3) is 1.80. The van der Waals surface area contributed by atoms with Gasteiger partial charge >= 0.3 is 0 Å². The van der Waals surface area contributed by atoms with E-state index >= 15 is 0 Å². The van der Waals surface area contributed by atoms with E-state index < -0.39 is 0 Å². The topological polar surface area (TPSA) is 67.6 Å². The van der Waals surface area contributed by atoms with Crippen molar-refractivity contribution in [3.8, 4) is 11.3 Å². The Bertz CT molecular complexity index is 394. The van der Waals surface area contributed by atoms with Gasteiger partial charge in [0.05, 0.1) is 11.9 Å². The summed E-state index contributed by atoms with van der Waals surface area (Å²) in [5, 5.41) is 0. The molecule has 0 aliphatic carbocycles. The van der Waals surface area contributed by atoms with Gasteiger partial charge in [0.25, 0.3) is 0 Å². The van der Waals surface area contributed by atoms with Gasteiger partial charge in [-0.2, -0.15) is 0 Å². The molecule has 2 heterocycles. The minimum atomic E-state index is 0.611. The molecule has 0 radical (unpaired) electrons. The lowest BCUT2D eigenvalue weighted by atomic mass is 10.2. The molecule has 0 aromatic carbocycles. The first kappa shape index (κ1) is 8.90. The van der Waals surface area contributed by atoms with Gasteiger partial charge in [-0.25, -0.2) is 4.98 Å². The Hall–Kier alpha value is -1.68. The highest BCUT2D eigenvalue weighted by molar-refractivity contribution is 5.56. The predicted octanol–water partition coefficient (Wildman–Crippen LogP) is 0.973. The molecule has 0 spiro atoms. The Labute approximate surface area is 82.2 Å². The average Bonchev–Trinajstić information content (AvgIpc) is 2.68. The van der Waals surface area contributed by atoms with Crippen LogP contribution in [0.4, 0.5) is 0 Å². The summed E-state index contributed by atoms with van der Waals surface area (Å²) in [6, 6.07) is 3.89. The molecule has 0 fully saturated rings. The average molecular weight is 188 g/mol. The van der Waals surface area contributed by atoms with Crippen molar-refractivity contribution in [2.24, 2.45) is 5.73 Å². The van der Waals surface area contributed by atoms with Crippen LogP contribution in [0.3, 0.4) is 0 Å². The van der Waals surface area contributed by atoms with E-state index in [-0.39, 0.29) is 0 Å². The van der Waals surface area contributed by atoms with Crippen LogP contribution in [-0.4, -0.2) is 21.5 Å². The summed E-state index contributed by atoms with van der Waals surface area (Å²) in [6.07, 6.45) is 6.14. The molecule has 0 aliphatic heterocycles. The second kappa shape index (κ2) is 4.02. The fourth-order valence-corrected chi connectivity index (χ4v) is 1.30. The molecule has 72 valence electrons. The molecular formula is C10H12N4. The van der Waals surface area contributed by atoms with Crippen LogP contribution in [0.25, 0.3) is 11.3 Å². The summed E-state index contributed by atoms with van der Waals surface area (Å²) in [4.78, 5) is 11.5. The lowest BCUT2D eigenvalue weighted by molar-refractivity contribution is 0.895. The molecular weight excluding hydrogens is 176 g/mol. The van der Waals surface area contributed by atoms with Crippen LogP contribution in [0, 0.1) is 0 Å². The van der Waals surface area contributed by atoms with Crippen molar-refractivity contribution in [2.45, 2.75) is 6.42 Å². The molecule has 2 rings (SSSR count). The summed E-state index contributed by atoms with van der Waals surface area (Å²) < 4.78 is 0. The van der Waals surface area contributed by atoms with E-state index in [1.807, 2.05) is 18.3 Å². The second-order valence-corrected chi connectivity index (χ2v) is 3.02. The number of rotatable bonds is 3. The third-order valence-corrected chi connectivity index (χ3v) is 1.98. The first-order chi connectivity index (χ1) is 6.90. The van der Waals surface area contributed by atoms with E-state index in [9.17, 15) is 0 Å². The summed E-state index contributed by atoms with van der Waals surface area (Å²) in [5.41, 5.74) is 7.47. The smallest absolute Gasteiger partial charge is 0.107 e. The maximum atomic E-state index is 5.44. The van der Waals surface area contributed by atoms with Gasteiger partial charge in [0, 0.05) is 24.4 Å². The fraction of sp³-hybridized carbons (Fsp3) is 0.200. The number of aromatic nitrogens is 3. The van der Waals surface area contributed by atoms with E-state index in [1.165, 1.54) is 0 Å². The quantitative estimate of drug-likeness (QED) is 0.754. The van der Waals surface area contributed by atoms with Crippen LogP contribution in [-0.2, 0) is 6.42 Å². The molecule has 2 aromatic heterocycles. The first-order valence-electron chi connectivity index (χ1n) is 4.54. The van der Waals surface area contributed by atoms with Crippen molar-refractivity contribution in [2.75, 3.05) is 6.54 Å². The SMILES string of the molecule is NCCc1ncc(-c2cccnc2)[nH]1. The molecule has 2 aromatic rings. The monoisotopic (exact) mass is 188 g/mol. The van der Waals surface area contributed by atoms with Crippen LogP contribution in [0.2, 0.25) is 0 Å². The predicted molar refractivity (Wildman–Crippen MR) is 54.6 cm³/mol. The molecule has 4 heteroatoms. The standard InChI is InChI=1S/C10H12N4/c11-4-3-10-13-7-9(14-10)8-2-1-5-12-6-8/h1-2,5-7H,3-4,11H2,(H,13,14). The van der Waals surface area contributed by atoms with Gasteiger partial charge in [-0.1, -0.05) is 0 Å². The van der Waals surface area contributed by atoms with Gasteiger partial charge in [0.2, 0.25) is 0 Å². The lowest BCUT2D eigenvalue weighted by Gasteiger charge is -1.94. The lowest BCUT2D eigenvalue weighted by Crippen LogP contribution is -2.03. The first-order valence-corrected chi connectivity index (χ1v) is 4.54. The number of hydrogen-bond donors (Lipinski definition) is 2. The van der Waals surface area contributed by atoms with E-state index in [0.29, 0.717) is 6.54 Å². The zero-order chi connectivity index (χ0) is 9.80. The maximum absolute atomic E-state index is 5.44. The zero-order valence-corrected chi connectivity index (χ0v) is 7.77. The zero-order valence-electron chi connectivity index (χ0n) is 7.77. The number of hydrogen-bond acceptors (Lipinski definition) is 3. The summed E-state index contributed by atoms with van der Waals surface area (Å²) >= 11 is 0. The van der Waals surface area contributed by atoms with E-state index in [2.05, 4.69) is 15.0 Å². The van der Waals surface area contributed by atoms with Crippen LogP contribution >= 0.6 is 0 Å². The Balaban J connectivity index is 2.25. The molecule has 14 heavy (non-hydrogen) atoms. The van der Waals surface area contributed by atoms with Crippen LogP contribution in [0.1, 0.15) is 5.82 Å². The Morgan fingerprint density at radius 3 is 3.00 bits per heavy atom. The van der Waals surface area contributed by atoms with Gasteiger partial charge < -0.3 is 10.7 Å². The van der Waals surface area contributed by atoms with Crippen molar-refractivity contribution >= 4 is 0 Å². The van der Waals surface area contributed by atoms with Crippen LogP contribution in [0.15, 0.2) is 30.7 Å². The molecule has 0 aliphatic rings. The number of nitrogens with two attached hydrogens (primary N) is 1. The normalized spacial score (nSPS) is 10.4. The number of nitrogens with one attached hydrogen (secondary N) is 1. The fourth-order valence-electron chi connectivity index (χ4n) is 1.30. The summed E-state index contributed by atoms with van der Waals surface area (Å²) in [5.74, 6) is 0.923. The van der Waals surface area contributed by atoms with Gasteiger partial charge in [-0.3, -0.25) is 4.98 Å². The van der Waals surface area contributed by atoms with Gasteiger partial charge in [0.15, 0.2) is 0 Å². The summed E-state index contributed by atoms with van der Waals surface area (Å²) in [7, 11) is 0. The molecule has 3 N–H and O–H groups in total. The van der Waals surface area contributed by atoms with Crippen molar-refractivity contribution in [1.82, 2.24) is 15.0 Å². The highest BCUT2D eigenvalue weighted by atomic mass is 14.9. The van der Waals surface area contributed by atoms with Crippen molar-refractivity contribution in [1.29, 1.82) is 0 Å². The Morgan fingerprint density at radius 1 is 1.36 bits per heavy atom. The van der Waals surface area contributed by atoms with E-state index in [4.69, 9.17) is 5.73 Å². The number of H-pyrrole nitrogens is 1. The number of imidazole rings is 1. The largest absolute Gasteiger partial charge is 0.342 e. The van der Waals surface area contributed by atoms with Gasteiger partial charge in [-0.15, -0.1) is 0 Å². The highest BCUT2D eigenvalue weighted by Crippen LogP contribution is 2.14. The Morgan fingerprint density at radius 2 is 2.29 bits per heavy atom. The molecule has 0 saturated heterocycles. The number of pyridine rings is 1. The minimum Gasteiger partial charge on any atom is -0.342 e. The van der Waals surface area contributed by atoms with E-state index in [1.54, 1.807) is 12.4 Å². The van der Waals surface area contributed by atoms with Crippen molar-refractivity contribution in [3.63, 3.8) is 0 Å². The van der Waals surface area contributed by atoms with Gasteiger partial charge in [0.1, 0.15) is 5.82 Å². The highest BCUT2D eigenvalue weighted by Gasteiger charge is 2.01. The molecule has 0 unspecified atom stereocenters. The van der Waals surface area contributed by atoms with Crippen molar-refractivity contribution in [3.05, 3.63) is 36.5 Å². The minimum absolute atomic E-state index is 0.611. The molecule has 0 bridgehead atoms. The summed E-state index contributed by atoms with van der Waals surface area (Å²) in [6.45, 7) is 0.611. The van der Waals surface area contributed by atoms with Crippen LogP contribution in [0.5, 0.6) is 0 Å². The third-order valence-electron chi connectivity index (χ3n) is 1.98. The molecule has 4 nitrogen and oxygen atoms in total. The van der Waals surface area contributed by atoms with Crippen molar-refractivity contribution < 1.29 is 0 Å². The molecule has 0 saturated carbocycles.